The number of hydrogen-bond acceptors (Lipinski definition) is 7. The molecule has 1 aromatic rings. The maximum absolute atomic E-state index is 14.1. The molecule has 2 aliphatic carbocycles. The van der Waals surface area contributed by atoms with Gasteiger partial charge in [0.25, 0.3) is 5.91 Å². The van der Waals surface area contributed by atoms with E-state index >= 15 is 0 Å². The smallest absolute Gasteiger partial charge is 0.252 e. The van der Waals surface area contributed by atoms with Gasteiger partial charge in [-0.15, -0.1) is 0 Å². The fourth-order valence-corrected chi connectivity index (χ4v) is 7.87. The molecule has 3 heterocycles. The lowest BCUT2D eigenvalue weighted by atomic mass is 9.80. The van der Waals surface area contributed by atoms with Gasteiger partial charge >= 0.3 is 0 Å². The summed E-state index contributed by atoms with van der Waals surface area (Å²) in [5.74, 6) is -0.356. The van der Waals surface area contributed by atoms with Gasteiger partial charge in [0, 0.05) is 50.0 Å². The molecule has 0 bridgehead atoms. The van der Waals surface area contributed by atoms with Crippen molar-refractivity contribution in [2.45, 2.75) is 80.3 Å². The molecular formula is C29H40N4O4S. The monoisotopic (exact) mass is 540 g/mol. The van der Waals surface area contributed by atoms with Crippen LogP contribution in [0.15, 0.2) is 24.3 Å². The lowest BCUT2D eigenvalue weighted by Crippen LogP contribution is -2.62. The number of likely N-dealkylation sites (tertiary alicyclic amines) is 1. The molecule has 0 spiro atoms. The van der Waals surface area contributed by atoms with E-state index in [1.165, 1.54) is 19.3 Å². The highest BCUT2D eigenvalue weighted by atomic mass is 32.2. The number of hydrogen-bond donors (Lipinski definition) is 1. The van der Waals surface area contributed by atoms with Gasteiger partial charge in [0.05, 0.1) is 11.4 Å². The molecule has 6 rings (SSSR count). The minimum absolute atomic E-state index is 0.0266. The number of carbonyl (C=O) groups is 3. The van der Waals surface area contributed by atoms with Crippen LogP contribution in [0.3, 0.4) is 0 Å². The number of fused-ring (bicyclic) bond motifs is 1. The fraction of sp³-hybridized carbons (Fsp3) is 0.690. The Kier molecular flexibility index (Phi) is 7.44. The molecule has 5 aliphatic rings. The van der Waals surface area contributed by atoms with E-state index in [9.17, 15) is 14.4 Å². The highest BCUT2D eigenvalue weighted by Crippen LogP contribution is 2.38. The number of amides is 2. The first kappa shape index (κ1) is 26.1. The normalized spacial score (nSPS) is 29.7. The van der Waals surface area contributed by atoms with Crippen LogP contribution in [0.2, 0.25) is 0 Å². The summed E-state index contributed by atoms with van der Waals surface area (Å²) in [7, 11) is 0. The van der Waals surface area contributed by atoms with Crippen LogP contribution < -0.4 is 10.2 Å². The van der Waals surface area contributed by atoms with Gasteiger partial charge < -0.3 is 19.9 Å². The van der Waals surface area contributed by atoms with Crippen LogP contribution in [0.1, 0.15) is 61.7 Å². The summed E-state index contributed by atoms with van der Waals surface area (Å²) >= 11 is 1.64. The SMILES string of the molecule is CS[C@H]1CN(C(=O)C2(NC(=O)c3ccc(N4CCN(C5CCC5)CC4)cc3)CCCCC2)[C@@H]2C(=O)CO[C@H]12. The van der Waals surface area contributed by atoms with Crippen molar-refractivity contribution in [3.63, 3.8) is 0 Å². The zero-order valence-electron chi connectivity index (χ0n) is 22.4. The molecule has 38 heavy (non-hydrogen) atoms. The number of carbonyl (C=O) groups excluding carboxylic acids is 3. The molecule has 5 fully saturated rings. The van der Waals surface area contributed by atoms with Crippen molar-refractivity contribution in [2.24, 2.45) is 0 Å². The lowest BCUT2D eigenvalue weighted by Gasteiger charge is -2.43. The Morgan fingerprint density at radius 1 is 1.00 bits per heavy atom. The summed E-state index contributed by atoms with van der Waals surface area (Å²) in [5.41, 5.74) is 0.748. The minimum Gasteiger partial charge on any atom is -0.369 e. The quantitative estimate of drug-likeness (QED) is 0.594. The predicted molar refractivity (Wildman–Crippen MR) is 149 cm³/mol. The van der Waals surface area contributed by atoms with Crippen molar-refractivity contribution in [2.75, 3.05) is 50.5 Å². The van der Waals surface area contributed by atoms with E-state index in [-0.39, 0.29) is 35.6 Å². The van der Waals surface area contributed by atoms with Crippen LogP contribution >= 0.6 is 11.8 Å². The molecule has 0 radical (unpaired) electrons. The number of benzene rings is 1. The molecule has 3 aliphatic heterocycles. The zero-order chi connectivity index (χ0) is 26.3. The Morgan fingerprint density at radius 3 is 2.34 bits per heavy atom. The molecular weight excluding hydrogens is 500 g/mol. The maximum Gasteiger partial charge on any atom is 0.252 e. The van der Waals surface area contributed by atoms with E-state index in [1.807, 2.05) is 30.5 Å². The molecule has 9 heteroatoms. The van der Waals surface area contributed by atoms with E-state index < -0.39 is 11.6 Å². The Morgan fingerprint density at radius 2 is 1.71 bits per heavy atom. The summed E-state index contributed by atoms with van der Waals surface area (Å²) in [4.78, 5) is 47.0. The van der Waals surface area contributed by atoms with Crippen LogP contribution in [-0.2, 0) is 14.3 Å². The van der Waals surface area contributed by atoms with Crippen molar-refractivity contribution in [1.82, 2.24) is 15.1 Å². The van der Waals surface area contributed by atoms with Crippen molar-refractivity contribution < 1.29 is 19.1 Å². The minimum atomic E-state index is -0.966. The highest BCUT2D eigenvalue weighted by Gasteiger charge is 2.56. The number of rotatable bonds is 6. The van der Waals surface area contributed by atoms with E-state index in [4.69, 9.17) is 4.74 Å². The van der Waals surface area contributed by atoms with E-state index in [0.29, 0.717) is 24.9 Å². The molecule has 8 nitrogen and oxygen atoms in total. The van der Waals surface area contributed by atoms with Crippen molar-refractivity contribution >= 4 is 35.0 Å². The van der Waals surface area contributed by atoms with Crippen LogP contribution in [0.4, 0.5) is 5.69 Å². The van der Waals surface area contributed by atoms with E-state index in [0.717, 1.165) is 57.2 Å². The lowest BCUT2D eigenvalue weighted by molar-refractivity contribution is -0.143. The van der Waals surface area contributed by atoms with Gasteiger partial charge in [-0.1, -0.05) is 25.7 Å². The number of ether oxygens (including phenoxy) is 1. The molecule has 0 aromatic heterocycles. The van der Waals surface area contributed by atoms with Crippen LogP contribution in [-0.4, -0.2) is 102 Å². The molecule has 2 amide bonds. The summed E-state index contributed by atoms with van der Waals surface area (Å²) in [6.45, 7) is 4.77. The largest absolute Gasteiger partial charge is 0.369 e. The number of thioether (sulfide) groups is 1. The summed E-state index contributed by atoms with van der Waals surface area (Å²) in [5, 5.41) is 3.25. The van der Waals surface area contributed by atoms with Gasteiger partial charge in [-0.2, -0.15) is 11.8 Å². The van der Waals surface area contributed by atoms with Crippen LogP contribution in [0.25, 0.3) is 0 Å². The van der Waals surface area contributed by atoms with E-state index in [2.05, 4.69) is 15.1 Å². The average Bonchev–Trinajstić information content (AvgIpc) is 3.48. The van der Waals surface area contributed by atoms with Crippen molar-refractivity contribution in [1.29, 1.82) is 0 Å². The topological polar surface area (TPSA) is 82.2 Å². The van der Waals surface area contributed by atoms with Gasteiger partial charge in [0.2, 0.25) is 5.91 Å². The maximum atomic E-state index is 14.1. The molecule has 1 aromatic carbocycles. The third-order valence-corrected chi connectivity index (χ3v) is 10.6. The second-order valence-electron chi connectivity index (χ2n) is 11.7. The average molecular weight is 541 g/mol. The molecule has 2 saturated carbocycles. The predicted octanol–water partition coefficient (Wildman–Crippen LogP) is 2.70. The molecule has 0 unspecified atom stereocenters. The number of nitrogens with one attached hydrogen (secondary N) is 1. The first-order chi connectivity index (χ1) is 18.5. The van der Waals surface area contributed by atoms with Crippen LogP contribution in [0, 0.1) is 0 Å². The first-order valence-electron chi connectivity index (χ1n) is 14.4. The Bertz CT molecular complexity index is 1050. The van der Waals surface area contributed by atoms with Crippen molar-refractivity contribution in [3.05, 3.63) is 29.8 Å². The second-order valence-corrected chi connectivity index (χ2v) is 12.7. The zero-order valence-corrected chi connectivity index (χ0v) is 23.2. The standard InChI is InChI=1S/C29H40N4O4S/c1-38-24-18-33(25-23(34)19-37-26(24)25)28(36)29(12-3-2-4-13-29)30-27(35)20-8-10-22(11-9-20)32-16-14-31(15-17-32)21-6-5-7-21/h8-11,21,24-26H,2-7,12-19H2,1H3,(H,30,35)/t24-,25+,26+/m0/s1. The molecule has 3 atom stereocenters. The van der Waals surface area contributed by atoms with Gasteiger partial charge in [0.15, 0.2) is 5.78 Å². The van der Waals surface area contributed by atoms with Gasteiger partial charge in [0.1, 0.15) is 18.2 Å². The molecule has 206 valence electrons. The fourth-order valence-electron chi connectivity index (χ4n) is 7.06. The van der Waals surface area contributed by atoms with Crippen LogP contribution in [0.5, 0.6) is 0 Å². The van der Waals surface area contributed by atoms with E-state index in [1.54, 1.807) is 16.7 Å². The summed E-state index contributed by atoms with van der Waals surface area (Å²) < 4.78 is 5.77. The number of piperazine rings is 1. The third-order valence-electron chi connectivity index (χ3n) is 9.57. The summed E-state index contributed by atoms with van der Waals surface area (Å²) in [6, 6.07) is 8.09. The number of nitrogens with zero attached hydrogens (tertiary/aromatic N) is 3. The molecule has 1 N–H and O–H groups in total. The van der Waals surface area contributed by atoms with Gasteiger partial charge in [-0.05, 0) is 56.2 Å². The van der Waals surface area contributed by atoms with Crippen molar-refractivity contribution in [3.8, 4) is 0 Å². The van der Waals surface area contributed by atoms with Gasteiger partial charge in [-0.25, -0.2) is 0 Å². The highest BCUT2D eigenvalue weighted by molar-refractivity contribution is 7.99. The number of Topliss-reactive ketones (excluding diaryl/α,β-unsaturated/α-hetero) is 1. The Hall–Kier alpha value is -2.10. The molecule has 3 saturated heterocycles. The number of anilines is 1. The second kappa shape index (κ2) is 10.8. The Balaban J connectivity index is 1.14. The number of ketones is 1. The summed E-state index contributed by atoms with van der Waals surface area (Å²) in [6.07, 6.45) is 9.83. The Labute approximate surface area is 229 Å². The van der Waals surface area contributed by atoms with Gasteiger partial charge in [-0.3, -0.25) is 19.3 Å². The third kappa shape index (κ3) is 4.75. The first-order valence-corrected chi connectivity index (χ1v) is 15.7.